The Kier molecular flexibility index (Phi) is 7.60. The van der Waals surface area contributed by atoms with Crippen LogP contribution in [0, 0.1) is 5.82 Å². The van der Waals surface area contributed by atoms with Gasteiger partial charge in [0.1, 0.15) is 5.82 Å². The summed E-state index contributed by atoms with van der Waals surface area (Å²) in [7, 11) is -4.07. The van der Waals surface area contributed by atoms with Crippen molar-refractivity contribution in [1.82, 2.24) is 10.2 Å². The fourth-order valence-corrected chi connectivity index (χ4v) is 7.84. The van der Waals surface area contributed by atoms with Crippen molar-refractivity contribution >= 4 is 39.2 Å². The number of piperidine rings is 1. The van der Waals surface area contributed by atoms with E-state index >= 15 is 0 Å². The Labute approximate surface area is 237 Å². The van der Waals surface area contributed by atoms with E-state index in [-0.39, 0.29) is 23.9 Å². The molecule has 2 N–H and O–H groups in total. The first-order valence-corrected chi connectivity index (χ1v) is 14.7. The maximum Gasteiger partial charge on any atom is 0.317 e. The largest absolute Gasteiger partial charge is 0.480 e. The van der Waals surface area contributed by atoms with Crippen LogP contribution in [0.2, 0.25) is 5.02 Å². The number of carboxylic acid groups (broad SMARTS) is 1. The van der Waals surface area contributed by atoms with Crippen LogP contribution >= 0.6 is 11.6 Å². The van der Waals surface area contributed by atoms with Crippen LogP contribution in [0.15, 0.2) is 71.6 Å². The number of nitrogens with one attached hydrogen (secondary N) is 1. The van der Waals surface area contributed by atoms with Crippen LogP contribution in [0.1, 0.15) is 41.3 Å². The van der Waals surface area contributed by atoms with Gasteiger partial charge in [0.2, 0.25) is 0 Å². The smallest absolute Gasteiger partial charge is 0.317 e. The van der Waals surface area contributed by atoms with E-state index in [0.717, 1.165) is 23.3 Å². The van der Waals surface area contributed by atoms with E-state index in [1.807, 2.05) is 30.0 Å². The normalized spacial score (nSPS) is 18.5. The van der Waals surface area contributed by atoms with E-state index in [0.29, 0.717) is 42.2 Å². The minimum atomic E-state index is -4.07. The zero-order valence-electron chi connectivity index (χ0n) is 21.8. The van der Waals surface area contributed by atoms with Crippen LogP contribution in [0.4, 0.5) is 10.1 Å². The van der Waals surface area contributed by atoms with Gasteiger partial charge in [-0.3, -0.25) is 18.8 Å². The number of likely N-dealkylation sites (tertiary alicyclic amines) is 1. The van der Waals surface area contributed by atoms with Gasteiger partial charge in [-0.25, -0.2) is 12.8 Å². The first kappa shape index (κ1) is 28.1. The number of hydrogen-bond acceptors (Lipinski definition) is 5. The Morgan fingerprint density at radius 2 is 1.75 bits per heavy atom. The summed E-state index contributed by atoms with van der Waals surface area (Å²) in [5.41, 5.74) is 1.70. The number of carbonyl (C=O) groups excluding carboxylic acids is 1. The molecule has 40 heavy (non-hydrogen) atoms. The number of amides is 1. The Bertz CT molecular complexity index is 1560. The average molecular weight is 586 g/mol. The number of nitrogens with zero attached hydrogens (tertiary/aromatic N) is 2. The van der Waals surface area contributed by atoms with Crippen molar-refractivity contribution < 1.29 is 27.5 Å². The second-order valence-electron chi connectivity index (χ2n) is 10.3. The number of carbonyl (C=O) groups is 2. The average Bonchev–Trinajstić information content (AvgIpc) is 3.16. The molecule has 210 valence electrons. The van der Waals surface area contributed by atoms with Gasteiger partial charge in [0, 0.05) is 22.5 Å². The molecule has 0 bridgehead atoms. The maximum absolute atomic E-state index is 13.9. The molecule has 1 saturated heterocycles. The number of aliphatic carboxylic acids is 1. The fourth-order valence-electron chi connectivity index (χ4n) is 5.89. The lowest BCUT2D eigenvalue weighted by atomic mass is 9.70. The van der Waals surface area contributed by atoms with Gasteiger partial charge < -0.3 is 10.4 Å². The van der Waals surface area contributed by atoms with Gasteiger partial charge in [0.05, 0.1) is 23.2 Å². The predicted octanol–water partition coefficient (Wildman–Crippen LogP) is 4.42. The zero-order chi connectivity index (χ0) is 28.7. The maximum atomic E-state index is 13.9. The molecule has 2 aliphatic rings. The number of anilines is 1. The Balaban J connectivity index is 1.52. The van der Waals surface area contributed by atoms with E-state index < -0.39 is 33.3 Å². The molecule has 11 heteroatoms. The Morgan fingerprint density at radius 3 is 2.40 bits per heavy atom. The molecule has 1 spiro atoms. The number of hydrogen-bond donors (Lipinski definition) is 2. The highest BCUT2D eigenvalue weighted by atomic mass is 35.5. The van der Waals surface area contributed by atoms with E-state index in [1.165, 1.54) is 16.4 Å². The molecule has 3 aromatic carbocycles. The van der Waals surface area contributed by atoms with Crippen molar-refractivity contribution in [3.8, 4) is 0 Å². The van der Waals surface area contributed by atoms with E-state index in [4.69, 9.17) is 11.6 Å². The predicted molar refractivity (Wildman–Crippen MR) is 150 cm³/mol. The molecule has 1 unspecified atom stereocenters. The second-order valence-corrected chi connectivity index (χ2v) is 12.5. The lowest BCUT2D eigenvalue weighted by Gasteiger charge is -2.43. The molecule has 5 rings (SSSR count). The summed E-state index contributed by atoms with van der Waals surface area (Å²) in [6, 6.07) is 16.4. The van der Waals surface area contributed by atoms with E-state index in [1.54, 1.807) is 24.3 Å². The zero-order valence-corrected chi connectivity index (χ0v) is 23.4. The summed E-state index contributed by atoms with van der Waals surface area (Å²) >= 11 is 6.23. The van der Waals surface area contributed by atoms with Gasteiger partial charge >= 0.3 is 5.97 Å². The van der Waals surface area contributed by atoms with Crippen molar-refractivity contribution in [3.63, 3.8) is 0 Å². The van der Waals surface area contributed by atoms with Gasteiger partial charge in [-0.1, -0.05) is 29.8 Å². The summed E-state index contributed by atoms with van der Waals surface area (Å²) < 4.78 is 42.7. The van der Waals surface area contributed by atoms with Crippen LogP contribution in [-0.2, 0) is 26.8 Å². The molecular weight excluding hydrogens is 557 g/mol. The lowest BCUT2D eigenvalue weighted by molar-refractivity contribution is -0.138. The van der Waals surface area contributed by atoms with Crippen LogP contribution in [0.3, 0.4) is 0 Å². The molecule has 8 nitrogen and oxygen atoms in total. The molecule has 2 heterocycles. The van der Waals surface area contributed by atoms with Gasteiger partial charge in [-0.15, -0.1) is 0 Å². The van der Waals surface area contributed by atoms with E-state index in [2.05, 4.69) is 5.32 Å². The molecule has 1 amide bonds. The van der Waals surface area contributed by atoms with Gasteiger partial charge in [-0.2, -0.15) is 0 Å². The Hall–Kier alpha value is -3.47. The fraction of sp³-hybridized carbons (Fsp3) is 0.310. The summed E-state index contributed by atoms with van der Waals surface area (Å²) in [5.74, 6) is -1.79. The van der Waals surface area contributed by atoms with Crippen molar-refractivity contribution in [2.75, 3.05) is 23.9 Å². The van der Waals surface area contributed by atoms with Crippen molar-refractivity contribution in [1.29, 1.82) is 0 Å². The second kappa shape index (κ2) is 10.8. The molecule has 1 fully saturated rings. The molecule has 2 aliphatic heterocycles. The molecule has 1 atom stereocenters. The molecule has 0 radical (unpaired) electrons. The first-order valence-electron chi connectivity index (χ1n) is 12.9. The standard InChI is InChI=1S/C29H29ClFN3O5S/c1-19-29(12-14-33(15-13-29)18-27(35)36)24-16-20(28(37)32-17-21-4-2-3-5-25(21)30)6-11-26(24)34(19)40(38,39)23-9-7-22(31)8-10-23/h2-11,16,19H,12-15,17-18H2,1H3,(H,32,37)(H,35,36). The third-order valence-electron chi connectivity index (χ3n) is 8.06. The highest BCUT2D eigenvalue weighted by Crippen LogP contribution is 2.53. The molecule has 3 aromatic rings. The van der Waals surface area contributed by atoms with Crippen molar-refractivity contribution in [3.05, 3.63) is 94.3 Å². The monoisotopic (exact) mass is 585 g/mol. The van der Waals surface area contributed by atoms with Crippen LogP contribution in [0.5, 0.6) is 0 Å². The number of halogens is 2. The summed E-state index contributed by atoms with van der Waals surface area (Å²) in [5, 5.41) is 12.7. The topological polar surface area (TPSA) is 107 Å². The SMILES string of the molecule is CC1N(S(=O)(=O)c2ccc(F)cc2)c2ccc(C(=O)NCc3ccccc3Cl)cc2C12CCN(CC(=O)O)CC2. The van der Waals surface area contributed by atoms with Gasteiger partial charge in [0.15, 0.2) is 0 Å². The highest BCUT2D eigenvalue weighted by Gasteiger charge is 2.53. The van der Waals surface area contributed by atoms with Crippen LogP contribution < -0.4 is 9.62 Å². The highest BCUT2D eigenvalue weighted by molar-refractivity contribution is 7.92. The molecule has 0 aliphatic carbocycles. The number of fused-ring (bicyclic) bond motifs is 2. The first-order chi connectivity index (χ1) is 19.0. The number of sulfonamides is 1. The third kappa shape index (κ3) is 5.07. The van der Waals surface area contributed by atoms with Crippen molar-refractivity contribution in [2.45, 2.75) is 42.7 Å². The quantitative estimate of drug-likeness (QED) is 0.425. The van der Waals surface area contributed by atoms with Crippen LogP contribution in [-0.4, -0.2) is 56.0 Å². The molecule has 0 aromatic heterocycles. The summed E-state index contributed by atoms with van der Waals surface area (Å²) in [6.07, 6.45) is 1.02. The van der Waals surface area contributed by atoms with Gasteiger partial charge in [0.25, 0.3) is 15.9 Å². The lowest BCUT2D eigenvalue weighted by Crippen LogP contribution is -2.52. The third-order valence-corrected chi connectivity index (χ3v) is 10.3. The summed E-state index contributed by atoms with van der Waals surface area (Å²) in [4.78, 5) is 26.3. The van der Waals surface area contributed by atoms with E-state index in [9.17, 15) is 27.5 Å². The number of rotatable bonds is 7. The number of benzene rings is 3. The molecule has 0 saturated carbocycles. The van der Waals surface area contributed by atoms with Gasteiger partial charge in [-0.05, 0) is 92.5 Å². The van der Waals surface area contributed by atoms with Crippen LogP contribution in [0.25, 0.3) is 0 Å². The molecular formula is C29H29ClFN3O5S. The van der Waals surface area contributed by atoms with Crippen molar-refractivity contribution in [2.24, 2.45) is 0 Å². The Morgan fingerprint density at radius 1 is 1.07 bits per heavy atom. The number of carboxylic acids is 1. The minimum Gasteiger partial charge on any atom is -0.480 e. The summed E-state index contributed by atoms with van der Waals surface area (Å²) in [6.45, 7) is 2.89. The minimum absolute atomic E-state index is 0.0337.